The molecule has 0 aliphatic rings. The molecule has 4 atom stereocenters. The van der Waals surface area contributed by atoms with Crippen molar-refractivity contribution in [2.45, 2.75) is 269 Å². The number of allylic oxidation sites excluding steroid dienone is 8. The fraction of sp³-hybridized carbons (Fsp3) is 0.827. The number of carbonyl (C=O) groups is 1. The Kier molecular flexibility index (Phi) is 45.0. The molecule has 0 spiro atoms. The molecule has 0 radical (unpaired) electrons. The van der Waals surface area contributed by atoms with Crippen LogP contribution in [0.3, 0.4) is 0 Å². The number of nitrogens with one attached hydrogen (secondary N) is 1. The number of hydrogen-bond acceptors (Lipinski definition) is 5. The van der Waals surface area contributed by atoms with Gasteiger partial charge in [-0.25, -0.2) is 0 Å². The summed E-state index contributed by atoms with van der Waals surface area (Å²) in [4.78, 5) is 12.5. The number of amides is 1. The van der Waals surface area contributed by atoms with Crippen LogP contribution in [0.2, 0.25) is 0 Å². The van der Waals surface area contributed by atoms with Gasteiger partial charge in [0.25, 0.3) is 0 Å². The van der Waals surface area contributed by atoms with Gasteiger partial charge in [0.05, 0.1) is 18.8 Å². The van der Waals surface area contributed by atoms with Crippen molar-refractivity contribution in [2.75, 3.05) is 6.61 Å². The van der Waals surface area contributed by atoms with E-state index < -0.39 is 36.9 Å². The summed E-state index contributed by atoms with van der Waals surface area (Å²) < 4.78 is 0. The first-order valence-electron chi connectivity index (χ1n) is 25.0. The molecule has 0 bridgehead atoms. The topological polar surface area (TPSA) is 110 Å². The molecule has 0 fully saturated rings. The molecule has 6 nitrogen and oxygen atoms in total. The number of carbonyl (C=O) groups excluding carboxylic acids is 1. The number of hydrogen-bond donors (Lipinski definition) is 5. The standard InChI is InChI=1S/C52H97NO5/c1-3-5-7-9-11-13-15-17-19-21-23-25-27-29-31-33-35-37-39-41-43-45-49(55)51(57)48(47-54)53-52(58)50(56)46-44-42-40-38-36-34-32-30-28-26-24-22-20-18-16-14-12-10-8-6-4-2/h21,23,28-31,37,39,48-51,54-57H,3-20,22,24-27,32-36,38,40-47H2,1-2H3,(H,53,58)/b23-21+,30-28-,31-29+,39-37+. The number of aliphatic hydroxyl groups is 4. The van der Waals surface area contributed by atoms with Crippen LogP contribution in [0.5, 0.6) is 0 Å². The van der Waals surface area contributed by atoms with Crippen LogP contribution in [0.25, 0.3) is 0 Å². The van der Waals surface area contributed by atoms with E-state index in [-0.39, 0.29) is 0 Å². The predicted octanol–water partition coefficient (Wildman–Crippen LogP) is 13.9. The smallest absolute Gasteiger partial charge is 0.249 e. The summed E-state index contributed by atoms with van der Waals surface area (Å²) in [5.41, 5.74) is 0. The second-order valence-corrected chi connectivity index (χ2v) is 17.1. The van der Waals surface area contributed by atoms with Crippen molar-refractivity contribution in [1.29, 1.82) is 0 Å². The van der Waals surface area contributed by atoms with Crippen molar-refractivity contribution in [3.05, 3.63) is 48.6 Å². The zero-order valence-corrected chi connectivity index (χ0v) is 38.3. The van der Waals surface area contributed by atoms with Crippen LogP contribution in [0.15, 0.2) is 48.6 Å². The molecule has 0 aliphatic heterocycles. The second kappa shape index (κ2) is 46.3. The molecule has 0 aromatic heterocycles. The summed E-state index contributed by atoms with van der Waals surface area (Å²) in [6.07, 6.45) is 57.2. The largest absolute Gasteiger partial charge is 0.394 e. The molecule has 0 aromatic rings. The molecular weight excluding hydrogens is 719 g/mol. The van der Waals surface area contributed by atoms with Crippen LogP contribution in [0, 0.1) is 0 Å². The van der Waals surface area contributed by atoms with Crippen LogP contribution in [0.1, 0.15) is 245 Å². The Balaban J connectivity index is 3.79. The normalized spacial score (nSPS) is 14.4. The summed E-state index contributed by atoms with van der Waals surface area (Å²) in [6, 6.07) is -1.02. The van der Waals surface area contributed by atoms with Gasteiger partial charge in [0.2, 0.25) is 5.91 Å². The van der Waals surface area contributed by atoms with Gasteiger partial charge in [-0.15, -0.1) is 0 Å². The van der Waals surface area contributed by atoms with E-state index in [9.17, 15) is 25.2 Å². The van der Waals surface area contributed by atoms with Gasteiger partial charge in [-0.3, -0.25) is 4.79 Å². The number of rotatable bonds is 45. The highest BCUT2D eigenvalue weighted by molar-refractivity contribution is 5.80. The SMILES string of the molecule is CCCCCCCCCC/C=C/CC/C=C/CC/C=C/CCCC(O)C(O)C(CO)NC(=O)C(O)CCCCCCCC/C=C\CCCCCCCCCCCCC. The van der Waals surface area contributed by atoms with Gasteiger partial charge in [-0.05, 0) is 89.9 Å². The average molecular weight is 816 g/mol. The van der Waals surface area contributed by atoms with Crippen molar-refractivity contribution in [3.8, 4) is 0 Å². The lowest BCUT2D eigenvalue weighted by Crippen LogP contribution is -2.53. The number of aliphatic hydroxyl groups excluding tert-OH is 4. The van der Waals surface area contributed by atoms with Gasteiger partial charge in [-0.2, -0.15) is 0 Å². The molecule has 340 valence electrons. The summed E-state index contributed by atoms with van der Waals surface area (Å²) in [5, 5.41) is 43.8. The van der Waals surface area contributed by atoms with Crippen LogP contribution in [0.4, 0.5) is 0 Å². The molecule has 0 rings (SSSR count). The van der Waals surface area contributed by atoms with Crippen LogP contribution in [-0.4, -0.2) is 57.3 Å². The first-order valence-corrected chi connectivity index (χ1v) is 25.0. The third-order valence-corrected chi connectivity index (χ3v) is 11.5. The molecular formula is C52H97NO5. The van der Waals surface area contributed by atoms with E-state index >= 15 is 0 Å². The summed E-state index contributed by atoms with van der Waals surface area (Å²) in [5.74, 6) is -0.604. The lowest BCUT2D eigenvalue weighted by Gasteiger charge is -2.27. The van der Waals surface area contributed by atoms with Crippen molar-refractivity contribution >= 4 is 5.91 Å². The molecule has 0 saturated heterocycles. The zero-order valence-electron chi connectivity index (χ0n) is 38.3. The molecule has 0 aliphatic carbocycles. The van der Waals surface area contributed by atoms with Gasteiger partial charge in [0, 0.05) is 0 Å². The maximum absolute atomic E-state index is 12.5. The predicted molar refractivity (Wildman–Crippen MR) is 251 cm³/mol. The Bertz CT molecular complexity index is 961. The van der Waals surface area contributed by atoms with E-state index in [0.29, 0.717) is 19.3 Å². The molecule has 6 heteroatoms. The minimum atomic E-state index is -1.30. The molecule has 0 heterocycles. The fourth-order valence-electron chi connectivity index (χ4n) is 7.49. The van der Waals surface area contributed by atoms with E-state index in [0.717, 1.165) is 64.2 Å². The van der Waals surface area contributed by atoms with Crippen molar-refractivity contribution in [1.82, 2.24) is 5.32 Å². The van der Waals surface area contributed by atoms with E-state index in [2.05, 4.69) is 67.8 Å². The Labute approximate surface area is 359 Å². The Morgan fingerprint density at radius 2 is 0.724 bits per heavy atom. The van der Waals surface area contributed by atoms with Gasteiger partial charge in [0.15, 0.2) is 0 Å². The monoisotopic (exact) mass is 816 g/mol. The molecule has 58 heavy (non-hydrogen) atoms. The zero-order chi connectivity index (χ0) is 42.4. The minimum absolute atomic E-state index is 0.351. The van der Waals surface area contributed by atoms with Gasteiger partial charge in [0.1, 0.15) is 12.2 Å². The third-order valence-electron chi connectivity index (χ3n) is 11.5. The molecule has 4 unspecified atom stereocenters. The third kappa shape index (κ3) is 39.7. The van der Waals surface area contributed by atoms with Crippen molar-refractivity contribution in [3.63, 3.8) is 0 Å². The molecule has 0 aromatic carbocycles. The highest BCUT2D eigenvalue weighted by Gasteiger charge is 2.28. The average Bonchev–Trinajstić information content (AvgIpc) is 3.23. The van der Waals surface area contributed by atoms with E-state index in [1.54, 1.807) is 0 Å². The van der Waals surface area contributed by atoms with E-state index in [1.807, 2.05) is 0 Å². The summed E-state index contributed by atoms with van der Waals surface area (Å²) >= 11 is 0. The second-order valence-electron chi connectivity index (χ2n) is 17.1. The molecule has 1 amide bonds. The maximum atomic E-state index is 12.5. The van der Waals surface area contributed by atoms with E-state index in [4.69, 9.17) is 0 Å². The number of unbranched alkanes of at least 4 members (excludes halogenated alkanes) is 28. The molecule has 0 saturated carbocycles. The van der Waals surface area contributed by atoms with Gasteiger partial charge in [-0.1, -0.05) is 204 Å². The van der Waals surface area contributed by atoms with Gasteiger partial charge < -0.3 is 25.7 Å². The Hall–Kier alpha value is -1.73. The van der Waals surface area contributed by atoms with Crippen molar-refractivity contribution < 1.29 is 25.2 Å². The summed E-state index contributed by atoms with van der Waals surface area (Å²) in [7, 11) is 0. The quantitative estimate of drug-likeness (QED) is 0.0311. The van der Waals surface area contributed by atoms with E-state index in [1.165, 1.54) is 148 Å². The summed E-state index contributed by atoms with van der Waals surface area (Å²) in [6.45, 7) is 4.04. The van der Waals surface area contributed by atoms with Crippen molar-refractivity contribution in [2.24, 2.45) is 0 Å². The fourth-order valence-corrected chi connectivity index (χ4v) is 7.49. The highest BCUT2D eigenvalue weighted by atomic mass is 16.3. The lowest BCUT2D eigenvalue weighted by atomic mass is 10.00. The lowest BCUT2D eigenvalue weighted by molar-refractivity contribution is -0.132. The Morgan fingerprint density at radius 3 is 1.09 bits per heavy atom. The van der Waals surface area contributed by atoms with Crippen LogP contribution in [-0.2, 0) is 4.79 Å². The highest BCUT2D eigenvalue weighted by Crippen LogP contribution is 2.15. The first-order chi connectivity index (χ1) is 28.5. The first kappa shape index (κ1) is 56.3. The van der Waals surface area contributed by atoms with Gasteiger partial charge >= 0.3 is 0 Å². The van der Waals surface area contributed by atoms with Crippen LogP contribution < -0.4 is 5.32 Å². The Morgan fingerprint density at radius 1 is 0.414 bits per heavy atom. The molecule has 5 N–H and O–H groups in total. The van der Waals surface area contributed by atoms with Crippen LogP contribution >= 0.6 is 0 Å². The maximum Gasteiger partial charge on any atom is 0.249 e. The minimum Gasteiger partial charge on any atom is -0.394 e.